The molecule has 0 radical (unpaired) electrons. The van der Waals surface area contributed by atoms with E-state index in [1.54, 1.807) is 12.1 Å². The van der Waals surface area contributed by atoms with Gasteiger partial charge in [-0.1, -0.05) is 0 Å². The lowest BCUT2D eigenvalue weighted by Gasteiger charge is -2.30. The second kappa shape index (κ2) is 9.11. The molecule has 0 N–H and O–H groups in total. The Hall–Kier alpha value is -3.49. The van der Waals surface area contributed by atoms with Crippen molar-refractivity contribution in [1.82, 2.24) is 0 Å². The van der Waals surface area contributed by atoms with Gasteiger partial charge >= 0.3 is 0 Å². The molecule has 0 saturated heterocycles. The molecule has 0 saturated carbocycles. The van der Waals surface area contributed by atoms with Crippen LogP contribution in [0.3, 0.4) is 0 Å². The molecule has 1 aliphatic rings. The SMILES string of the molecule is COc1cc([C@@H]2CC(=O)c3c(OC)c(OC)c(OC)c(OC)c3O2)cc(OC)c1OC. The first-order valence-corrected chi connectivity index (χ1v) is 9.39. The fraction of sp³-hybridized carbons (Fsp3) is 0.409. The van der Waals surface area contributed by atoms with Crippen LogP contribution in [0.2, 0.25) is 0 Å². The molecule has 0 aliphatic carbocycles. The molecule has 168 valence electrons. The predicted octanol–water partition coefficient (Wildman–Crippen LogP) is 3.45. The van der Waals surface area contributed by atoms with E-state index in [9.17, 15) is 4.79 Å². The second-order valence-electron chi connectivity index (χ2n) is 6.53. The number of hydrogen-bond donors (Lipinski definition) is 0. The highest BCUT2D eigenvalue weighted by Gasteiger charge is 2.38. The third-order valence-electron chi connectivity index (χ3n) is 5.06. The molecule has 1 heterocycles. The Morgan fingerprint density at radius 1 is 0.677 bits per heavy atom. The van der Waals surface area contributed by atoms with E-state index in [0.29, 0.717) is 22.8 Å². The predicted molar refractivity (Wildman–Crippen MR) is 111 cm³/mol. The molecule has 0 bridgehead atoms. The summed E-state index contributed by atoms with van der Waals surface area (Å²) in [6, 6.07) is 3.49. The maximum atomic E-state index is 13.2. The third kappa shape index (κ3) is 3.60. The molecular formula is C22H26O9. The standard InChI is InChI=1S/C22H26O9/c1-24-14-8-11(9-15(25-2)17(14)26-3)13-10-12(23)16-18(27-4)20(28-5)22(30-7)21(29-6)19(16)31-13/h8-9,13H,10H2,1-7H3/t13-/m0/s1. The highest BCUT2D eigenvalue weighted by molar-refractivity contribution is 6.05. The number of carbonyl (C=O) groups is 1. The van der Waals surface area contributed by atoms with Gasteiger partial charge in [-0.2, -0.15) is 0 Å². The van der Waals surface area contributed by atoms with Crippen LogP contribution in [-0.2, 0) is 0 Å². The van der Waals surface area contributed by atoms with Crippen molar-refractivity contribution in [2.24, 2.45) is 0 Å². The van der Waals surface area contributed by atoms with Gasteiger partial charge in [0.15, 0.2) is 28.8 Å². The smallest absolute Gasteiger partial charge is 0.211 e. The van der Waals surface area contributed by atoms with Gasteiger partial charge in [-0.15, -0.1) is 0 Å². The number of benzene rings is 2. The van der Waals surface area contributed by atoms with Crippen molar-refractivity contribution >= 4 is 5.78 Å². The highest BCUT2D eigenvalue weighted by Crippen LogP contribution is 2.56. The number of Topliss-reactive ketones (excluding diaryl/α,β-unsaturated/α-hetero) is 1. The molecule has 0 aromatic heterocycles. The molecule has 2 aromatic rings. The summed E-state index contributed by atoms with van der Waals surface area (Å²) in [6.07, 6.45) is -0.578. The van der Waals surface area contributed by atoms with E-state index in [4.69, 9.17) is 37.9 Å². The summed E-state index contributed by atoms with van der Waals surface area (Å²) in [5, 5.41) is 0. The molecule has 0 amide bonds. The number of ketones is 1. The van der Waals surface area contributed by atoms with Gasteiger partial charge in [-0.25, -0.2) is 0 Å². The van der Waals surface area contributed by atoms with E-state index in [0.717, 1.165) is 0 Å². The van der Waals surface area contributed by atoms with Crippen LogP contribution in [-0.4, -0.2) is 55.6 Å². The Kier molecular flexibility index (Phi) is 6.53. The summed E-state index contributed by atoms with van der Waals surface area (Å²) in [5.74, 6) is 2.35. The molecule has 1 atom stereocenters. The van der Waals surface area contributed by atoms with Crippen molar-refractivity contribution in [3.63, 3.8) is 0 Å². The van der Waals surface area contributed by atoms with Crippen LogP contribution in [0.5, 0.6) is 46.0 Å². The van der Waals surface area contributed by atoms with E-state index in [1.807, 2.05) is 0 Å². The molecule has 2 aromatic carbocycles. The third-order valence-corrected chi connectivity index (χ3v) is 5.06. The normalized spacial score (nSPS) is 14.8. The first kappa shape index (κ1) is 22.2. The van der Waals surface area contributed by atoms with Gasteiger partial charge in [0.1, 0.15) is 11.7 Å². The number of fused-ring (bicyclic) bond motifs is 1. The zero-order valence-corrected chi connectivity index (χ0v) is 18.6. The lowest BCUT2D eigenvalue weighted by atomic mass is 9.94. The Labute approximate surface area is 180 Å². The second-order valence-corrected chi connectivity index (χ2v) is 6.53. The van der Waals surface area contributed by atoms with Crippen LogP contribution < -0.4 is 37.9 Å². The number of methoxy groups -OCH3 is 7. The average Bonchev–Trinajstić information content (AvgIpc) is 2.80. The maximum Gasteiger partial charge on any atom is 0.211 e. The first-order chi connectivity index (χ1) is 15.0. The largest absolute Gasteiger partial charge is 0.493 e. The minimum atomic E-state index is -0.634. The number of ether oxygens (including phenoxy) is 8. The van der Waals surface area contributed by atoms with Crippen LogP contribution >= 0.6 is 0 Å². The van der Waals surface area contributed by atoms with Crippen LogP contribution in [0, 0.1) is 0 Å². The van der Waals surface area contributed by atoms with Crippen molar-refractivity contribution in [2.45, 2.75) is 12.5 Å². The maximum absolute atomic E-state index is 13.2. The Morgan fingerprint density at radius 3 is 1.61 bits per heavy atom. The van der Waals surface area contributed by atoms with Gasteiger partial charge in [-0.05, 0) is 12.1 Å². The molecule has 31 heavy (non-hydrogen) atoms. The Balaban J connectivity index is 2.19. The van der Waals surface area contributed by atoms with Gasteiger partial charge in [0, 0.05) is 5.56 Å². The van der Waals surface area contributed by atoms with Gasteiger partial charge < -0.3 is 37.9 Å². The van der Waals surface area contributed by atoms with Crippen molar-refractivity contribution in [3.8, 4) is 46.0 Å². The molecule has 9 heteroatoms. The lowest BCUT2D eigenvalue weighted by molar-refractivity contribution is 0.0832. The molecule has 1 aliphatic heterocycles. The zero-order valence-electron chi connectivity index (χ0n) is 18.6. The fourth-order valence-corrected chi connectivity index (χ4v) is 3.68. The van der Waals surface area contributed by atoms with Crippen molar-refractivity contribution < 1.29 is 42.7 Å². The zero-order chi connectivity index (χ0) is 22.7. The van der Waals surface area contributed by atoms with Gasteiger partial charge in [-0.3, -0.25) is 4.79 Å². The number of carbonyl (C=O) groups excluding carboxylic acids is 1. The van der Waals surface area contributed by atoms with E-state index in [2.05, 4.69) is 0 Å². The molecule has 3 rings (SSSR count). The molecule has 0 spiro atoms. The van der Waals surface area contributed by atoms with Gasteiger partial charge in [0.05, 0.1) is 56.2 Å². The summed E-state index contributed by atoms with van der Waals surface area (Å²) in [6.45, 7) is 0. The van der Waals surface area contributed by atoms with Crippen LogP contribution in [0.1, 0.15) is 28.4 Å². The molecule has 9 nitrogen and oxygen atoms in total. The monoisotopic (exact) mass is 434 g/mol. The topological polar surface area (TPSA) is 90.9 Å². The summed E-state index contributed by atoms with van der Waals surface area (Å²) >= 11 is 0. The lowest BCUT2D eigenvalue weighted by Crippen LogP contribution is -2.22. The van der Waals surface area contributed by atoms with Gasteiger partial charge in [0.25, 0.3) is 0 Å². The molecule has 0 fully saturated rings. The van der Waals surface area contributed by atoms with E-state index < -0.39 is 6.10 Å². The van der Waals surface area contributed by atoms with Crippen LogP contribution in [0.4, 0.5) is 0 Å². The van der Waals surface area contributed by atoms with E-state index in [-0.39, 0.29) is 46.5 Å². The average molecular weight is 434 g/mol. The number of rotatable bonds is 8. The first-order valence-electron chi connectivity index (χ1n) is 9.39. The minimum absolute atomic E-state index is 0.0562. The Bertz CT molecular complexity index is 959. The van der Waals surface area contributed by atoms with Crippen molar-refractivity contribution in [1.29, 1.82) is 0 Å². The van der Waals surface area contributed by atoms with Crippen LogP contribution in [0.25, 0.3) is 0 Å². The van der Waals surface area contributed by atoms with Crippen molar-refractivity contribution in [3.05, 3.63) is 23.3 Å². The quantitative estimate of drug-likeness (QED) is 0.619. The van der Waals surface area contributed by atoms with E-state index >= 15 is 0 Å². The van der Waals surface area contributed by atoms with Crippen LogP contribution in [0.15, 0.2) is 12.1 Å². The number of hydrogen-bond acceptors (Lipinski definition) is 9. The molecule has 0 unspecified atom stereocenters. The Morgan fingerprint density at radius 2 is 1.16 bits per heavy atom. The van der Waals surface area contributed by atoms with E-state index in [1.165, 1.54) is 49.8 Å². The van der Waals surface area contributed by atoms with Gasteiger partial charge in [0.2, 0.25) is 23.0 Å². The highest BCUT2D eigenvalue weighted by atomic mass is 16.6. The minimum Gasteiger partial charge on any atom is -0.493 e. The summed E-state index contributed by atoms with van der Waals surface area (Å²) < 4.78 is 44.4. The fourth-order valence-electron chi connectivity index (χ4n) is 3.68. The summed E-state index contributed by atoms with van der Waals surface area (Å²) in [7, 11) is 10.4. The molecular weight excluding hydrogens is 408 g/mol. The van der Waals surface area contributed by atoms with Crippen molar-refractivity contribution in [2.75, 3.05) is 49.8 Å². The summed E-state index contributed by atoms with van der Waals surface area (Å²) in [5.41, 5.74) is 0.907. The summed E-state index contributed by atoms with van der Waals surface area (Å²) in [4.78, 5) is 13.2.